The standard InChI is InChI=1S/C16H22N4O2S2/c21-15(11-23-7-1-13-9-17-3-5-19-13)16(22)12-24-8-2-14-10-18-4-6-20-14/h3-6,9-10,15-16,21-22H,1-2,7-8,11-12H2. The van der Waals surface area contributed by atoms with Crippen LogP contribution in [0.5, 0.6) is 0 Å². The van der Waals surface area contributed by atoms with Crippen LogP contribution in [0, 0.1) is 0 Å². The van der Waals surface area contributed by atoms with Crippen LogP contribution in [0.2, 0.25) is 0 Å². The van der Waals surface area contributed by atoms with Crippen LogP contribution in [0.4, 0.5) is 0 Å². The molecule has 2 aromatic heterocycles. The minimum Gasteiger partial charge on any atom is -0.390 e. The van der Waals surface area contributed by atoms with Crippen molar-refractivity contribution < 1.29 is 10.2 Å². The number of aryl methyl sites for hydroxylation is 2. The molecule has 2 heterocycles. The van der Waals surface area contributed by atoms with Crippen molar-refractivity contribution in [2.24, 2.45) is 0 Å². The Balaban J connectivity index is 1.52. The molecule has 2 aromatic rings. The van der Waals surface area contributed by atoms with Crippen LogP contribution in [0.1, 0.15) is 11.4 Å². The zero-order valence-electron chi connectivity index (χ0n) is 13.4. The lowest BCUT2D eigenvalue weighted by Crippen LogP contribution is -2.30. The lowest BCUT2D eigenvalue weighted by Gasteiger charge is -2.17. The van der Waals surface area contributed by atoms with Gasteiger partial charge in [-0.05, 0) is 11.5 Å². The maximum atomic E-state index is 10.00. The van der Waals surface area contributed by atoms with E-state index in [0.717, 1.165) is 35.7 Å². The van der Waals surface area contributed by atoms with Gasteiger partial charge in [0, 0.05) is 61.5 Å². The Morgan fingerprint density at radius 1 is 0.750 bits per heavy atom. The number of hydrogen-bond acceptors (Lipinski definition) is 8. The largest absolute Gasteiger partial charge is 0.390 e. The normalized spacial score (nSPS) is 13.6. The highest BCUT2D eigenvalue weighted by molar-refractivity contribution is 7.99. The fraction of sp³-hybridized carbons (Fsp3) is 0.500. The van der Waals surface area contributed by atoms with Gasteiger partial charge in [-0.3, -0.25) is 19.9 Å². The molecule has 0 aliphatic heterocycles. The van der Waals surface area contributed by atoms with E-state index < -0.39 is 12.2 Å². The van der Waals surface area contributed by atoms with Gasteiger partial charge < -0.3 is 10.2 Å². The van der Waals surface area contributed by atoms with Gasteiger partial charge in [-0.15, -0.1) is 0 Å². The molecule has 130 valence electrons. The molecular weight excluding hydrogens is 344 g/mol. The zero-order valence-corrected chi connectivity index (χ0v) is 15.0. The van der Waals surface area contributed by atoms with E-state index in [4.69, 9.17) is 0 Å². The first-order chi connectivity index (χ1) is 11.8. The van der Waals surface area contributed by atoms with Crippen LogP contribution < -0.4 is 0 Å². The summed E-state index contributed by atoms with van der Waals surface area (Å²) in [5.74, 6) is 2.74. The molecule has 6 nitrogen and oxygen atoms in total. The molecule has 0 radical (unpaired) electrons. The van der Waals surface area contributed by atoms with Crippen LogP contribution in [-0.4, -0.2) is 65.4 Å². The Hall–Kier alpha value is -1.22. The van der Waals surface area contributed by atoms with Crippen LogP contribution >= 0.6 is 23.5 Å². The molecule has 0 aliphatic rings. The average molecular weight is 367 g/mol. The molecule has 2 N–H and O–H groups in total. The molecule has 2 atom stereocenters. The maximum absolute atomic E-state index is 10.00. The summed E-state index contributed by atoms with van der Waals surface area (Å²) in [6.45, 7) is 0. The third-order valence-corrected chi connectivity index (χ3v) is 5.40. The van der Waals surface area contributed by atoms with Crippen molar-refractivity contribution in [3.8, 4) is 0 Å². The van der Waals surface area contributed by atoms with Gasteiger partial charge >= 0.3 is 0 Å². The van der Waals surface area contributed by atoms with E-state index in [0.29, 0.717) is 11.5 Å². The van der Waals surface area contributed by atoms with E-state index in [2.05, 4.69) is 19.9 Å². The number of aliphatic hydroxyl groups excluding tert-OH is 2. The number of hydrogen-bond donors (Lipinski definition) is 2. The lowest BCUT2D eigenvalue weighted by molar-refractivity contribution is 0.0500. The molecule has 8 heteroatoms. The summed E-state index contributed by atoms with van der Waals surface area (Å²) in [4.78, 5) is 16.4. The second-order valence-electron chi connectivity index (χ2n) is 5.18. The highest BCUT2D eigenvalue weighted by Crippen LogP contribution is 2.13. The fourth-order valence-electron chi connectivity index (χ4n) is 1.90. The Morgan fingerprint density at radius 3 is 1.58 bits per heavy atom. The molecule has 0 bridgehead atoms. The summed E-state index contributed by atoms with van der Waals surface area (Å²) < 4.78 is 0. The van der Waals surface area contributed by atoms with E-state index in [1.54, 1.807) is 60.7 Å². The predicted octanol–water partition coefficient (Wildman–Crippen LogP) is 1.24. The summed E-state index contributed by atoms with van der Waals surface area (Å²) in [6.07, 6.45) is 10.4. The van der Waals surface area contributed by atoms with Crippen molar-refractivity contribution >= 4 is 23.5 Å². The molecule has 0 amide bonds. The number of aliphatic hydroxyl groups is 2. The molecule has 0 fully saturated rings. The average Bonchev–Trinajstić information content (AvgIpc) is 2.63. The first-order valence-corrected chi connectivity index (χ1v) is 10.1. The van der Waals surface area contributed by atoms with Gasteiger partial charge in [0.25, 0.3) is 0 Å². The third-order valence-electron chi connectivity index (χ3n) is 3.26. The van der Waals surface area contributed by atoms with Crippen LogP contribution in [0.15, 0.2) is 37.2 Å². The number of rotatable bonds is 11. The van der Waals surface area contributed by atoms with Gasteiger partial charge in [-0.1, -0.05) is 0 Å². The quantitative estimate of drug-likeness (QED) is 0.574. The van der Waals surface area contributed by atoms with Crippen molar-refractivity contribution in [3.05, 3.63) is 48.6 Å². The second kappa shape index (κ2) is 11.4. The first kappa shape index (κ1) is 19.1. The molecule has 24 heavy (non-hydrogen) atoms. The van der Waals surface area contributed by atoms with E-state index in [-0.39, 0.29) is 0 Å². The van der Waals surface area contributed by atoms with Gasteiger partial charge in [0.05, 0.1) is 23.6 Å². The monoisotopic (exact) mass is 366 g/mol. The maximum Gasteiger partial charge on any atom is 0.0897 e. The molecular formula is C16H22N4O2S2. The second-order valence-corrected chi connectivity index (χ2v) is 7.48. The SMILES string of the molecule is OC(CSCCc1cnccn1)C(O)CSCCc1cnccn1. The van der Waals surface area contributed by atoms with Gasteiger partial charge in [-0.2, -0.15) is 23.5 Å². The van der Waals surface area contributed by atoms with Crippen molar-refractivity contribution in [1.29, 1.82) is 0 Å². The molecule has 0 saturated heterocycles. The highest BCUT2D eigenvalue weighted by Gasteiger charge is 2.16. The number of nitrogens with zero attached hydrogens (tertiary/aromatic N) is 4. The predicted molar refractivity (Wildman–Crippen MR) is 98.1 cm³/mol. The van der Waals surface area contributed by atoms with Gasteiger partial charge in [-0.25, -0.2) is 0 Å². The smallest absolute Gasteiger partial charge is 0.0897 e. The number of aromatic nitrogens is 4. The van der Waals surface area contributed by atoms with Crippen molar-refractivity contribution in [2.75, 3.05) is 23.0 Å². The molecule has 0 saturated carbocycles. The molecule has 0 spiro atoms. The Kier molecular flexibility index (Phi) is 9.04. The van der Waals surface area contributed by atoms with Gasteiger partial charge in [0.15, 0.2) is 0 Å². The third kappa shape index (κ3) is 7.57. The topological polar surface area (TPSA) is 92.0 Å². The van der Waals surface area contributed by atoms with Crippen LogP contribution in [-0.2, 0) is 12.8 Å². The summed E-state index contributed by atoms with van der Waals surface area (Å²) in [5.41, 5.74) is 1.89. The summed E-state index contributed by atoms with van der Waals surface area (Å²) in [5, 5.41) is 20.0. The Bertz CT molecular complexity index is 511. The van der Waals surface area contributed by atoms with Crippen molar-refractivity contribution in [3.63, 3.8) is 0 Å². The molecule has 2 rings (SSSR count). The Morgan fingerprint density at radius 2 is 1.21 bits per heavy atom. The minimum atomic E-state index is -0.708. The minimum absolute atomic E-state index is 0.520. The lowest BCUT2D eigenvalue weighted by atomic mass is 10.3. The number of thioether (sulfide) groups is 2. The first-order valence-electron chi connectivity index (χ1n) is 7.77. The molecule has 0 aliphatic carbocycles. The summed E-state index contributed by atoms with van der Waals surface area (Å²) in [6, 6.07) is 0. The van der Waals surface area contributed by atoms with E-state index in [9.17, 15) is 10.2 Å². The van der Waals surface area contributed by atoms with E-state index in [1.165, 1.54) is 0 Å². The van der Waals surface area contributed by atoms with Crippen LogP contribution in [0.3, 0.4) is 0 Å². The van der Waals surface area contributed by atoms with Crippen LogP contribution in [0.25, 0.3) is 0 Å². The zero-order chi connectivity index (χ0) is 17.0. The summed E-state index contributed by atoms with van der Waals surface area (Å²) >= 11 is 3.23. The highest BCUT2D eigenvalue weighted by atomic mass is 32.2. The molecule has 2 unspecified atom stereocenters. The molecule has 0 aromatic carbocycles. The Labute approximate surface area is 150 Å². The summed E-state index contributed by atoms with van der Waals surface area (Å²) in [7, 11) is 0. The van der Waals surface area contributed by atoms with Crippen molar-refractivity contribution in [1.82, 2.24) is 19.9 Å². The van der Waals surface area contributed by atoms with Gasteiger partial charge in [0.1, 0.15) is 0 Å². The fourth-order valence-corrected chi connectivity index (χ4v) is 3.87. The van der Waals surface area contributed by atoms with E-state index in [1.807, 2.05) is 0 Å². The van der Waals surface area contributed by atoms with Crippen molar-refractivity contribution in [2.45, 2.75) is 25.0 Å². The van der Waals surface area contributed by atoms with E-state index >= 15 is 0 Å². The van der Waals surface area contributed by atoms with Gasteiger partial charge in [0.2, 0.25) is 0 Å².